The number of nitrogens with zero attached hydrogens (tertiary/aromatic N) is 1. The molecule has 0 aromatic heterocycles. The number of hydrogen-bond acceptors (Lipinski definition) is 7. The van der Waals surface area contributed by atoms with E-state index in [2.05, 4.69) is 4.98 Å². The maximum atomic E-state index is 12.3. The molecule has 0 radical (unpaired) electrons. The van der Waals surface area contributed by atoms with Crippen molar-refractivity contribution < 1.29 is 28.8 Å². The third-order valence-electron chi connectivity index (χ3n) is 3.91. The fourth-order valence-electron chi connectivity index (χ4n) is 2.53. The molecule has 1 aliphatic carbocycles. The molecule has 3 rings (SSSR count). The van der Waals surface area contributed by atoms with Crippen LogP contribution in [0.1, 0.15) is 10.4 Å². The first kappa shape index (κ1) is 17.7. The van der Waals surface area contributed by atoms with Gasteiger partial charge in [0.05, 0.1) is 6.61 Å². The third kappa shape index (κ3) is 3.18. The average molecular weight is 359 g/mol. The van der Waals surface area contributed by atoms with Gasteiger partial charge in [0.25, 0.3) is 5.69 Å². The minimum atomic E-state index is -0.726. The van der Waals surface area contributed by atoms with E-state index in [1.54, 1.807) is 12.1 Å². The van der Waals surface area contributed by atoms with Gasteiger partial charge in [0, 0.05) is 45.1 Å². The van der Waals surface area contributed by atoms with Crippen LogP contribution >= 0.6 is 0 Å². The molecule has 0 fully saturated rings. The van der Waals surface area contributed by atoms with E-state index < -0.39 is 17.1 Å². The van der Waals surface area contributed by atoms with Crippen molar-refractivity contribution in [1.29, 1.82) is 0 Å². The maximum Gasteiger partial charge on any atom is 0.345 e. The zero-order valence-electron chi connectivity index (χ0n) is 14.7. The van der Waals surface area contributed by atoms with E-state index in [-0.39, 0.29) is 30.2 Å². The van der Waals surface area contributed by atoms with Crippen LogP contribution in [0.25, 0.3) is 22.6 Å². The molecule has 2 N–H and O–H groups in total. The molecule has 1 aliphatic heterocycles. The van der Waals surface area contributed by atoms with Gasteiger partial charge in [0.2, 0.25) is 28.0 Å². The second kappa shape index (κ2) is 7.01. The highest BCUT2D eigenvalue weighted by molar-refractivity contribution is 5.96. The van der Waals surface area contributed by atoms with Gasteiger partial charge in [-0.05, 0) is 6.07 Å². The smallest absolute Gasteiger partial charge is 0.345 e. The number of hydrogen-bond donors (Lipinski definition) is 1. The number of aromatic nitrogens is 1. The Morgan fingerprint density at radius 1 is 1.27 bits per heavy atom. The largest absolute Gasteiger partial charge is 0.501 e. The van der Waals surface area contributed by atoms with Gasteiger partial charge in [0.15, 0.2) is 0 Å². The summed E-state index contributed by atoms with van der Waals surface area (Å²) in [6.07, 6.45) is 0. The van der Waals surface area contributed by atoms with Crippen molar-refractivity contribution in [3.8, 4) is 17.2 Å². The summed E-state index contributed by atoms with van der Waals surface area (Å²) in [4.78, 5) is 29.3. The number of rotatable bonds is 5. The zero-order valence-corrected chi connectivity index (χ0v) is 14.7. The fraction of sp³-hybridized carbons (Fsp3) is 0.278. The van der Waals surface area contributed by atoms with E-state index in [1.165, 1.54) is 7.11 Å². The number of aromatic amines is 1. The van der Waals surface area contributed by atoms with Crippen LogP contribution in [0.3, 0.4) is 0 Å². The molecule has 2 aliphatic rings. The molecule has 0 saturated carbocycles. The van der Waals surface area contributed by atoms with E-state index in [1.807, 2.05) is 25.1 Å². The van der Waals surface area contributed by atoms with Crippen LogP contribution in [0, 0.1) is 0 Å². The summed E-state index contributed by atoms with van der Waals surface area (Å²) < 4.78 is 15.6. The van der Waals surface area contributed by atoms with E-state index >= 15 is 0 Å². The van der Waals surface area contributed by atoms with Crippen LogP contribution < -0.4 is 15.3 Å². The van der Waals surface area contributed by atoms with Gasteiger partial charge < -0.3 is 23.9 Å². The molecule has 1 aromatic rings. The molecule has 1 aromatic carbocycles. The Balaban J connectivity index is 2.18. The van der Waals surface area contributed by atoms with Crippen molar-refractivity contribution in [3.63, 3.8) is 0 Å². The lowest BCUT2D eigenvalue weighted by atomic mass is 10.1. The van der Waals surface area contributed by atoms with Crippen molar-refractivity contribution in [1.82, 2.24) is 0 Å². The van der Waals surface area contributed by atoms with Crippen LogP contribution in [0.15, 0.2) is 33.5 Å². The number of aromatic hydroxyl groups is 1. The SMILES string of the molecule is COCCOC(=O)c1cc(=O)c(O)c2oc3cc(N(C)C)ccc3[nH+]c1-2. The molecule has 0 bridgehead atoms. The van der Waals surface area contributed by atoms with E-state index in [4.69, 9.17) is 13.9 Å². The molecule has 26 heavy (non-hydrogen) atoms. The lowest BCUT2D eigenvalue weighted by molar-refractivity contribution is -0.334. The normalized spacial score (nSPS) is 11.0. The lowest BCUT2D eigenvalue weighted by Gasteiger charge is -2.12. The molecule has 0 saturated heterocycles. The standard InChI is InChI=1S/C18H18N2O6/c1-20(2)10-4-5-12-14(8-10)26-17-15(19-12)11(9-13(21)16(17)22)18(23)25-7-6-24-3/h4-5,8-9,22H,6-7H2,1-3H3/p+1. The van der Waals surface area contributed by atoms with Crippen LogP contribution in [-0.4, -0.2) is 45.5 Å². The Hall–Kier alpha value is -3.13. The number of benzene rings is 2. The molecule has 0 spiro atoms. The van der Waals surface area contributed by atoms with E-state index in [0.29, 0.717) is 11.1 Å². The molecule has 0 unspecified atom stereocenters. The summed E-state index contributed by atoms with van der Waals surface area (Å²) >= 11 is 0. The molecule has 0 atom stereocenters. The zero-order chi connectivity index (χ0) is 18.8. The first-order chi connectivity index (χ1) is 12.4. The summed E-state index contributed by atoms with van der Waals surface area (Å²) in [6, 6.07) is 6.45. The fourth-order valence-corrected chi connectivity index (χ4v) is 2.53. The van der Waals surface area contributed by atoms with Crippen LogP contribution in [-0.2, 0) is 9.47 Å². The summed E-state index contributed by atoms with van der Waals surface area (Å²) in [5.41, 5.74) is 1.37. The van der Waals surface area contributed by atoms with Gasteiger partial charge in [-0.25, -0.2) is 4.79 Å². The van der Waals surface area contributed by atoms with Crippen LogP contribution in [0.2, 0.25) is 0 Å². The highest BCUT2D eigenvalue weighted by atomic mass is 16.6. The van der Waals surface area contributed by atoms with Gasteiger partial charge in [-0.2, -0.15) is 4.98 Å². The van der Waals surface area contributed by atoms with Gasteiger partial charge in [-0.15, -0.1) is 0 Å². The second-order valence-corrected chi connectivity index (χ2v) is 5.91. The van der Waals surface area contributed by atoms with Crippen molar-refractivity contribution in [2.45, 2.75) is 0 Å². The van der Waals surface area contributed by atoms with Gasteiger partial charge in [-0.1, -0.05) is 0 Å². The number of phenolic OH excluding ortho intramolecular Hbond substituents is 1. The Morgan fingerprint density at radius 3 is 2.73 bits per heavy atom. The summed E-state index contributed by atoms with van der Waals surface area (Å²) in [7, 11) is 5.25. The Bertz CT molecular complexity index is 995. The molecular weight excluding hydrogens is 340 g/mol. The maximum absolute atomic E-state index is 12.3. The molecule has 1 heterocycles. The number of H-pyrrole nitrogens is 1. The van der Waals surface area contributed by atoms with Crippen molar-refractivity contribution >= 4 is 22.8 Å². The van der Waals surface area contributed by atoms with Crippen molar-refractivity contribution in [2.24, 2.45) is 0 Å². The average Bonchev–Trinajstić information content (AvgIpc) is 2.63. The molecule has 8 nitrogen and oxygen atoms in total. The summed E-state index contributed by atoms with van der Waals surface area (Å²) in [5, 5.41) is 10.1. The van der Waals surface area contributed by atoms with Gasteiger partial charge in [-0.3, -0.25) is 4.79 Å². The monoisotopic (exact) mass is 359 g/mol. The number of nitrogens with one attached hydrogen (secondary N) is 1. The quantitative estimate of drug-likeness (QED) is 0.416. The molecule has 0 amide bonds. The van der Waals surface area contributed by atoms with E-state index in [0.717, 1.165) is 11.8 Å². The molecular formula is C18H19N2O6+. The highest BCUT2D eigenvalue weighted by Gasteiger charge is 2.30. The Labute approximate surface area is 148 Å². The minimum Gasteiger partial charge on any atom is -0.501 e. The second-order valence-electron chi connectivity index (χ2n) is 5.91. The third-order valence-corrected chi connectivity index (χ3v) is 3.91. The lowest BCUT2D eigenvalue weighted by Crippen LogP contribution is -2.21. The summed E-state index contributed by atoms with van der Waals surface area (Å²) in [5.74, 6) is -1.37. The molecule has 8 heteroatoms. The number of carbonyl (C=O) groups excluding carboxylic acids is 1. The number of esters is 1. The first-order valence-corrected chi connectivity index (χ1v) is 7.91. The van der Waals surface area contributed by atoms with Crippen LogP contribution in [0.4, 0.5) is 5.69 Å². The number of methoxy groups -OCH3 is 1. The Morgan fingerprint density at radius 2 is 2.04 bits per heavy atom. The topological polar surface area (TPSA) is 103 Å². The Kier molecular flexibility index (Phi) is 4.77. The minimum absolute atomic E-state index is 0.0127. The van der Waals surface area contributed by atoms with E-state index in [9.17, 15) is 14.7 Å². The number of phenols is 1. The number of anilines is 1. The van der Waals surface area contributed by atoms with Crippen LogP contribution in [0.5, 0.6) is 5.75 Å². The summed E-state index contributed by atoms with van der Waals surface area (Å²) in [6.45, 7) is 0.277. The van der Waals surface area contributed by atoms with Gasteiger partial charge >= 0.3 is 5.97 Å². The number of ether oxygens (including phenoxy) is 2. The number of fused-ring (bicyclic) bond motifs is 2. The highest BCUT2D eigenvalue weighted by Crippen LogP contribution is 2.31. The first-order valence-electron chi connectivity index (χ1n) is 7.91. The van der Waals surface area contributed by atoms with Gasteiger partial charge in [0.1, 0.15) is 12.2 Å². The molecule has 136 valence electrons. The number of carbonyl (C=O) groups is 1. The van der Waals surface area contributed by atoms with Crippen molar-refractivity contribution in [2.75, 3.05) is 39.3 Å². The predicted octanol–water partition coefficient (Wildman–Crippen LogP) is 1.29. The van der Waals surface area contributed by atoms with Crippen molar-refractivity contribution in [3.05, 3.63) is 40.1 Å². The predicted molar refractivity (Wildman–Crippen MR) is 93.8 cm³/mol.